The van der Waals surface area contributed by atoms with Crippen LogP contribution in [0.5, 0.6) is 0 Å². The van der Waals surface area contributed by atoms with Gasteiger partial charge < -0.3 is 9.64 Å². The molecule has 0 N–H and O–H groups in total. The van der Waals surface area contributed by atoms with Gasteiger partial charge in [0.2, 0.25) is 0 Å². The van der Waals surface area contributed by atoms with Gasteiger partial charge in [-0.15, -0.1) is 0 Å². The second-order valence-corrected chi connectivity index (χ2v) is 7.16. The van der Waals surface area contributed by atoms with Crippen LogP contribution in [0.2, 0.25) is 0 Å². The number of nitrogens with zero attached hydrogens (tertiary/aromatic N) is 1. The van der Waals surface area contributed by atoms with Crippen LogP contribution in [0, 0.1) is 0 Å². The van der Waals surface area contributed by atoms with E-state index >= 15 is 0 Å². The van der Waals surface area contributed by atoms with Crippen molar-refractivity contribution in [1.82, 2.24) is 4.90 Å². The van der Waals surface area contributed by atoms with Gasteiger partial charge in [-0.2, -0.15) is 0 Å². The molecule has 0 rings (SSSR count). The molecular weight excluding hydrogens is 310 g/mol. The highest BCUT2D eigenvalue weighted by molar-refractivity contribution is 5.66. The molecule has 0 spiro atoms. The van der Waals surface area contributed by atoms with Crippen molar-refractivity contribution < 1.29 is 9.53 Å². The van der Waals surface area contributed by atoms with Gasteiger partial charge in [0.25, 0.3) is 0 Å². The second-order valence-electron chi connectivity index (χ2n) is 7.16. The highest BCUT2D eigenvalue weighted by Gasteiger charge is 2.05. The van der Waals surface area contributed by atoms with E-state index in [1.165, 1.54) is 81.9 Å². The number of unbranched alkanes of at least 4 members (excludes halogenated alkanes) is 10. The van der Waals surface area contributed by atoms with Crippen molar-refractivity contribution >= 4 is 6.09 Å². The fourth-order valence-electron chi connectivity index (χ4n) is 2.01. The highest BCUT2D eigenvalue weighted by atomic mass is 16.6. The summed E-state index contributed by atoms with van der Waals surface area (Å²) in [6.07, 6.45) is 16.7. The van der Waals surface area contributed by atoms with E-state index in [9.17, 15) is 4.79 Å². The maximum atomic E-state index is 10.7. The topological polar surface area (TPSA) is 29.5 Å². The van der Waals surface area contributed by atoms with Crippen LogP contribution in [-0.4, -0.2) is 31.2 Å². The Morgan fingerprint density at radius 1 is 0.680 bits per heavy atom. The maximum Gasteiger partial charge on any atom is 0.409 e. The molecule has 154 valence electrons. The van der Waals surface area contributed by atoms with E-state index in [1.807, 2.05) is 13.8 Å². The zero-order chi connectivity index (χ0) is 19.9. The fourth-order valence-corrected chi connectivity index (χ4v) is 2.01. The van der Waals surface area contributed by atoms with Crippen LogP contribution in [-0.2, 0) is 4.74 Å². The highest BCUT2D eigenvalue weighted by Crippen LogP contribution is 2.04. The van der Waals surface area contributed by atoms with Gasteiger partial charge >= 0.3 is 6.09 Å². The first-order chi connectivity index (χ1) is 11.9. The van der Waals surface area contributed by atoms with Crippen molar-refractivity contribution in [2.24, 2.45) is 0 Å². The lowest BCUT2D eigenvalue weighted by Gasteiger charge is -2.12. The lowest BCUT2D eigenvalue weighted by atomic mass is 10.1. The van der Waals surface area contributed by atoms with Crippen molar-refractivity contribution in [2.45, 2.75) is 125 Å². The molecule has 0 aromatic carbocycles. The van der Waals surface area contributed by atoms with Crippen LogP contribution in [0.25, 0.3) is 0 Å². The first kappa shape index (κ1) is 29.0. The molecule has 0 saturated heterocycles. The van der Waals surface area contributed by atoms with Gasteiger partial charge in [0.05, 0.1) is 6.10 Å². The molecule has 0 radical (unpaired) electrons. The average molecular weight is 360 g/mol. The minimum Gasteiger partial charge on any atom is -0.447 e. The number of carbonyl (C=O) groups is 1. The summed E-state index contributed by atoms with van der Waals surface area (Å²) >= 11 is 0. The van der Waals surface area contributed by atoms with Crippen molar-refractivity contribution in [3.8, 4) is 0 Å². The van der Waals surface area contributed by atoms with Crippen molar-refractivity contribution in [3.05, 3.63) is 0 Å². The largest absolute Gasteiger partial charge is 0.447 e. The lowest BCUT2D eigenvalue weighted by molar-refractivity contribution is 0.0904. The summed E-state index contributed by atoms with van der Waals surface area (Å²) in [6, 6.07) is 0. The molecule has 0 atom stereocenters. The minimum atomic E-state index is -0.287. The van der Waals surface area contributed by atoms with Gasteiger partial charge in [0.1, 0.15) is 0 Å². The third-order valence-electron chi connectivity index (χ3n) is 3.62. The second kappa shape index (κ2) is 25.5. The van der Waals surface area contributed by atoms with Gasteiger partial charge in [-0.3, -0.25) is 0 Å². The zero-order valence-electron chi connectivity index (χ0n) is 18.8. The van der Waals surface area contributed by atoms with Crippen LogP contribution in [0.3, 0.4) is 0 Å². The van der Waals surface area contributed by atoms with Crippen LogP contribution in [0.4, 0.5) is 4.79 Å². The van der Waals surface area contributed by atoms with E-state index < -0.39 is 0 Å². The van der Waals surface area contributed by atoms with Crippen molar-refractivity contribution in [2.75, 3.05) is 14.1 Å². The van der Waals surface area contributed by atoms with Crippen LogP contribution < -0.4 is 0 Å². The van der Waals surface area contributed by atoms with Crippen molar-refractivity contribution in [1.29, 1.82) is 0 Å². The Hall–Kier alpha value is -0.730. The molecule has 3 nitrogen and oxygen atoms in total. The molecule has 1 amide bonds. The van der Waals surface area contributed by atoms with Gasteiger partial charge in [-0.1, -0.05) is 105 Å². The molecule has 0 aromatic rings. The number of hydrogen-bond donors (Lipinski definition) is 0. The summed E-state index contributed by atoms with van der Waals surface area (Å²) in [7, 11) is 3.31. The standard InChI is InChI=1S/2C8H18.C6H13NO2/c2*1-3-5-7-8-6-4-2;1-5(2)9-6(8)7(3)4/h2*3-8H2,1-2H3;5H,1-4H3. The predicted octanol–water partition coefficient (Wildman–Crippen LogP) is 7.83. The lowest BCUT2D eigenvalue weighted by Crippen LogP contribution is -2.25. The van der Waals surface area contributed by atoms with E-state index in [1.54, 1.807) is 14.1 Å². The first-order valence-electron chi connectivity index (χ1n) is 10.7. The molecular formula is C22H49NO2. The van der Waals surface area contributed by atoms with Gasteiger partial charge in [0, 0.05) is 14.1 Å². The third-order valence-corrected chi connectivity index (χ3v) is 3.62. The summed E-state index contributed by atoms with van der Waals surface area (Å²) in [5.41, 5.74) is 0. The first-order valence-corrected chi connectivity index (χ1v) is 10.7. The zero-order valence-corrected chi connectivity index (χ0v) is 18.8. The SMILES string of the molecule is CC(C)OC(=O)N(C)C.CCCCCCCC.CCCCCCCC. The number of amides is 1. The molecule has 3 heteroatoms. The Balaban J connectivity index is -0.000000291. The molecule has 0 aliphatic rings. The fraction of sp³-hybridized carbons (Fsp3) is 0.955. The Morgan fingerprint density at radius 3 is 1.08 bits per heavy atom. The quantitative estimate of drug-likeness (QED) is 0.352. The Kier molecular flexibility index (Phi) is 29.6. The summed E-state index contributed by atoms with van der Waals surface area (Å²) in [6.45, 7) is 12.7. The number of hydrogen-bond acceptors (Lipinski definition) is 2. The van der Waals surface area contributed by atoms with E-state index in [2.05, 4.69) is 27.7 Å². The molecule has 0 bridgehead atoms. The molecule has 0 aliphatic heterocycles. The van der Waals surface area contributed by atoms with Gasteiger partial charge in [-0.05, 0) is 13.8 Å². The monoisotopic (exact) mass is 359 g/mol. The van der Waals surface area contributed by atoms with E-state index in [0.717, 1.165) is 0 Å². The van der Waals surface area contributed by atoms with Gasteiger partial charge in [-0.25, -0.2) is 4.79 Å². The number of ether oxygens (including phenoxy) is 1. The van der Waals surface area contributed by atoms with E-state index in [-0.39, 0.29) is 12.2 Å². The smallest absolute Gasteiger partial charge is 0.409 e. The summed E-state index contributed by atoms with van der Waals surface area (Å²) in [4.78, 5) is 12.1. The maximum absolute atomic E-state index is 10.7. The van der Waals surface area contributed by atoms with Crippen LogP contribution in [0.1, 0.15) is 119 Å². The summed E-state index contributed by atoms with van der Waals surface area (Å²) in [5, 5.41) is 0. The Bertz CT molecular complexity index is 216. The summed E-state index contributed by atoms with van der Waals surface area (Å²) < 4.78 is 4.80. The van der Waals surface area contributed by atoms with E-state index in [4.69, 9.17) is 4.74 Å². The molecule has 0 unspecified atom stereocenters. The average Bonchev–Trinajstić information content (AvgIpc) is 2.56. The molecule has 25 heavy (non-hydrogen) atoms. The third kappa shape index (κ3) is 35.3. The van der Waals surface area contributed by atoms with Crippen LogP contribution >= 0.6 is 0 Å². The molecule has 0 aliphatic carbocycles. The molecule has 0 heterocycles. The Morgan fingerprint density at radius 2 is 0.960 bits per heavy atom. The Labute approximate surface area is 159 Å². The normalized spacial score (nSPS) is 9.64. The molecule has 0 saturated carbocycles. The molecule has 0 fully saturated rings. The molecule has 0 aromatic heterocycles. The van der Waals surface area contributed by atoms with Gasteiger partial charge in [0.15, 0.2) is 0 Å². The van der Waals surface area contributed by atoms with E-state index in [0.29, 0.717) is 0 Å². The van der Waals surface area contributed by atoms with Crippen molar-refractivity contribution in [3.63, 3.8) is 0 Å². The number of carbonyl (C=O) groups excluding carboxylic acids is 1. The number of rotatable bonds is 11. The summed E-state index contributed by atoms with van der Waals surface area (Å²) in [5.74, 6) is 0. The predicted molar refractivity (Wildman–Crippen MR) is 113 cm³/mol. The van der Waals surface area contributed by atoms with Crippen LogP contribution in [0.15, 0.2) is 0 Å². The minimum absolute atomic E-state index is 0.0279.